The maximum absolute atomic E-state index is 12.1. The number of anilines is 1. The molecule has 0 saturated carbocycles. The molecule has 0 fully saturated rings. The second-order valence-corrected chi connectivity index (χ2v) is 5.53. The van der Waals surface area contributed by atoms with Gasteiger partial charge in [-0.2, -0.15) is 0 Å². The number of hydrogen-bond donors (Lipinski definition) is 1. The fraction of sp³-hybridized carbons (Fsp3) is 0.250. The first-order chi connectivity index (χ1) is 11.1. The molecule has 23 heavy (non-hydrogen) atoms. The van der Waals surface area contributed by atoms with Crippen LogP contribution in [0.5, 0.6) is 5.75 Å². The SMILES string of the molecule is CCCOc1ccccc1/C=C/C(=O)Nc1ccc(C)cc1C. The number of carbonyl (C=O) groups excluding carboxylic acids is 1. The van der Waals surface area contributed by atoms with Crippen molar-refractivity contribution in [2.75, 3.05) is 11.9 Å². The molecule has 3 heteroatoms. The van der Waals surface area contributed by atoms with E-state index in [2.05, 4.69) is 12.2 Å². The predicted molar refractivity (Wildman–Crippen MR) is 95.8 cm³/mol. The number of para-hydroxylation sites is 1. The molecule has 120 valence electrons. The lowest BCUT2D eigenvalue weighted by Crippen LogP contribution is -2.09. The maximum atomic E-state index is 12.1. The van der Waals surface area contributed by atoms with Crippen molar-refractivity contribution in [3.63, 3.8) is 0 Å². The number of rotatable bonds is 6. The van der Waals surface area contributed by atoms with E-state index in [0.29, 0.717) is 6.61 Å². The third kappa shape index (κ3) is 4.99. The zero-order chi connectivity index (χ0) is 16.7. The Morgan fingerprint density at radius 1 is 1.17 bits per heavy atom. The number of nitrogens with one attached hydrogen (secondary N) is 1. The van der Waals surface area contributed by atoms with Crippen molar-refractivity contribution in [1.29, 1.82) is 0 Å². The highest BCUT2D eigenvalue weighted by molar-refractivity contribution is 6.02. The second kappa shape index (κ2) is 8.18. The molecule has 0 radical (unpaired) electrons. The van der Waals surface area contributed by atoms with Gasteiger partial charge in [-0.25, -0.2) is 0 Å². The van der Waals surface area contributed by atoms with Crippen LogP contribution < -0.4 is 10.1 Å². The molecule has 0 unspecified atom stereocenters. The van der Waals surface area contributed by atoms with Gasteiger partial charge in [0.1, 0.15) is 5.75 Å². The molecular formula is C20H23NO2. The minimum atomic E-state index is -0.151. The predicted octanol–water partition coefficient (Wildman–Crippen LogP) is 4.74. The summed E-state index contributed by atoms with van der Waals surface area (Å²) < 4.78 is 5.69. The first-order valence-electron chi connectivity index (χ1n) is 7.88. The number of amides is 1. The number of hydrogen-bond acceptors (Lipinski definition) is 2. The van der Waals surface area contributed by atoms with Crippen molar-refractivity contribution >= 4 is 17.7 Å². The maximum Gasteiger partial charge on any atom is 0.248 e. The standard InChI is InChI=1S/C20H23NO2/c1-4-13-23-19-8-6-5-7-17(19)10-12-20(22)21-18-11-9-15(2)14-16(18)3/h5-12,14H,4,13H2,1-3H3,(H,21,22)/b12-10+. The molecule has 0 saturated heterocycles. The van der Waals surface area contributed by atoms with Crippen LogP contribution in [0.25, 0.3) is 6.08 Å². The smallest absolute Gasteiger partial charge is 0.248 e. The molecule has 0 bridgehead atoms. The number of carbonyl (C=O) groups is 1. The van der Waals surface area contributed by atoms with Crippen LogP contribution in [0.4, 0.5) is 5.69 Å². The van der Waals surface area contributed by atoms with Crippen LogP contribution in [0.15, 0.2) is 48.5 Å². The van der Waals surface area contributed by atoms with Gasteiger partial charge in [0, 0.05) is 17.3 Å². The van der Waals surface area contributed by atoms with Crippen LogP contribution >= 0.6 is 0 Å². The summed E-state index contributed by atoms with van der Waals surface area (Å²) in [6, 6.07) is 13.7. The number of aryl methyl sites for hydroxylation is 2. The Hall–Kier alpha value is -2.55. The van der Waals surface area contributed by atoms with Gasteiger partial charge >= 0.3 is 0 Å². The van der Waals surface area contributed by atoms with Crippen molar-refractivity contribution < 1.29 is 9.53 Å². The van der Waals surface area contributed by atoms with Crippen molar-refractivity contribution in [3.8, 4) is 5.75 Å². The molecule has 1 N–H and O–H groups in total. The van der Waals surface area contributed by atoms with E-state index in [1.807, 2.05) is 56.3 Å². The van der Waals surface area contributed by atoms with Gasteiger partial charge in [-0.1, -0.05) is 42.8 Å². The van der Waals surface area contributed by atoms with Gasteiger partial charge in [-0.15, -0.1) is 0 Å². The molecule has 0 aliphatic heterocycles. The summed E-state index contributed by atoms with van der Waals surface area (Å²) in [6.45, 7) is 6.75. The third-order valence-corrected chi connectivity index (χ3v) is 3.43. The van der Waals surface area contributed by atoms with Crippen molar-refractivity contribution in [2.24, 2.45) is 0 Å². The largest absolute Gasteiger partial charge is 0.493 e. The minimum absolute atomic E-state index is 0.151. The first-order valence-corrected chi connectivity index (χ1v) is 7.88. The Bertz CT molecular complexity index is 705. The highest BCUT2D eigenvalue weighted by Crippen LogP contribution is 2.20. The summed E-state index contributed by atoms with van der Waals surface area (Å²) in [7, 11) is 0. The Morgan fingerprint density at radius 3 is 2.70 bits per heavy atom. The van der Waals surface area contributed by atoms with E-state index >= 15 is 0 Å². The van der Waals surface area contributed by atoms with Crippen LogP contribution in [0, 0.1) is 13.8 Å². The fourth-order valence-electron chi connectivity index (χ4n) is 2.26. The summed E-state index contributed by atoms with van der Waals surface area (Å²) in [5.74, 6) is 0.646. The molecular weight excluding hydrogens is 286 g/mol. The highest BCUT2D eigenvalue weighted by Gasteiger charge is 2.03. The Labute approximate surface area is 138 Å². The number of benzene rings is 2. The molecule has 0 heterocycles. The van der Waals surface area contributed by atoms with E-state index in [0.717, 1.165) is 29.0 Å². The minimum Gasteiger partial charge on any atom is -0.493 e. The van der Waals surface area contributed by atoms with Gasteiger partial charge < -0.3 is 10.1 Å². The van der Waals surface area contributed by atoms with Gasteiger partial charge in [0.2, 0.25) is 5.91 Å². The van der Waals surface area contributed by atoms with Gasteiger partial charge in [0.05, 0.1) is 6.61 Å². The van der Waals surface area contributed by atoms with E-state index in [4.69, 9.17) is 4.74 Å². The molecule has 3 nitrogen and oxygen atoms in total. The van der Waals surface area contributed by atoms with Crippen molar-refractivity contribution in [2.45, 2.75) is 27.2 Å². The zero-order valence-corrected chi connectivity index (χ0v) is 13.9. The molecule has 1 amide bonds. The van der Waals surface area contributed by atoms with Crippen LogP contribution in [-0.2, 0) is 4.79 Å². The molecule has 2 rings (SSSR count). The lowest BCUT2D eigenvalue weighted by Gasteiger charge is -2.08. The van der Waals surface area contributed by atoms with E-state index in [1.165, 1.54) is 11.6 Å². The van der Waals surface area contributed by atoms with Crippen LogP contribution in [0.3, 0.4) is 0 Å². The van der Waals surface area contributed by atoms with E-state index in [9.17, 15) is 4.79 Å². The second-order valence-electron chi connectivity index (χ2n) is 5.53. The zero-order valence-electron chi connectivity index (χ0n) is 13.9. The molecule has 0 spiro atoms. The van der Waals surface area contributed by atoms with E-state index in [1.54, 1.807) is 6.08 Å². The molecule has 2 aromatic rings. The quantitative estimate of drug-likeness (QED) is 0.782. The Morgan fingerprint density at radius 2 is 1.96 bits per heavy atom. The molecule has 2 aromatic carbocycles. The lowest BCUT2D eigenvalue weighted by atomic mass is 10.1. The average Bonchev–Trinajstić information content (AvgIpc) is 2.54. The summed E-state index contributed by atoms with van der Waals surface area (Å²) >= 11 is 0. The number of ether oxygens (including phenoxy) is 1. The summed E-state index contributed by atoms with van der Waals surface area (Å²) in [4.78, 5) is 12.1. The Kier molecular flexibility index (Phi) is 5.98. The van der Waals surface area contributed by atoms with Gasteiger partial charge in [0.25, 0.3) is 0 Å². The van der Waals surface area contributed by atoms with Gasteiger partial charge in [0.15, 0.2) is 0 Å². The third-order valence-electron chi connectivity index (χ3n) is 3.43. The monoisotopic (exact) mass is 309 g/mol. The normalized spacial score (nSPS) is 10.7. The van der Waals surface area contributed by atoms with Crippen molar-refractivity contribution in [1.82, 2.24) is 0 Å². The molecule has 0 aliphatic rings. The van der Waals surface area contributed by atoms with Gasteiger partial charge in [-0.3, -0.25) is 4.79 Å². The summed E-state index contributed by atoms with van der Waals surface area (Å²) in [6.07, 6.45) is 4.27. The lowest BCUT2D eigenvalue weighted by molar-refractivity contribution is -0.111. The fourth-order valence-corrected chi connectivity index (χ4v) is 2.26. The molecule has 0 aliphatic carbocycles. The average molecular weight is 309 g/mol. The van der Waals surface area contributed by atoms with E-state index < -0.39 is 0 Å². The topological polar surface area (TPSA) is 38.3 Å². The molecule has 0 aromatic heterocycles. The van der Waals surface area contributed by atoms with Crippen molar-refractivity contribution in [3.05, 3.63) is 65.2 Å². The van der Waals surface area contributed by atoms with E-state index in [-0.39, 0.29) is 5.91 Å². The Balaban J connectivity index is 2.06. The van der Waals surface area contributed by atoms with Crippen LogP contribution in [-0.4, -0.2) is 12.5 Å². The summed E-state index contributed by atoms with van der Waals surface area (Å²) in [5, 5.41) is 2.90. The van der Waals surface area contributed by atoms with Crippen LogP contribution in [0.2, 0.25) is 0 Å². The highest BCUT2D eigenvalue weighted by atomic mass is 16.5. The molecule has 0 atom stereocenters. The first kappa shape index (κ1) is 16.8. The van der Waals surface area contributed by atoms with Gasteiger partial charge in [-0.05, 0) is 44.0 Å². The van der Waals surface area contributed by atoms with Crippen LogP contribution in [0.1, 0.15) is 30.0 Å². The summed E-state index contributed by atoms with van der Waals surface area (Å²) in [5.41, 5.74) is 3.97.